The predicted octanol–water partition coefficient (Wildman–Crippen LogP) is 2.08. The van der Waals surface area contributed by atoms with Crippen LogP contribution in [0.1, 0.15) is 37.0 Å². The highest BCUT2D eigenvalue weighted by atomic mass is 16.5. The number of likely N-dealkylation sites (tertiary alicyclic amines) is 1. The van der Waals surface area contributed by atoms with E-state index in [4.69, 9.17) is 4.74 Å². The Labute approximate surface area is 170 Å². The molecule has 0 bridgehead atoms. The lowest BCUT2D eigenvalue weighted by molar-refractivity contribution is -0.138. The summed E-state index contributed by atoms with van der Waals surface area (Å²) in [4.78, 5) is 42.0. The zero-order chi connectivity index (χ0) is 20.5. The van der Waals surface area contributed by atoms with E-state index in [0.29, 0.717) is 24.0 Å². The Balaban J connectivity index is 1.60. The quantitative estimate of drug-likeness (QED) is 0.585. The molecule has 2 amide bonds. The zero-order valence-corrected chi connectivity index (χ0v) is 17.0. The molecule has 1 aromatic carbocycles. The Morgan fingerprint density at radius 1 is 1.00 bits per heavy atom. The van der Waals surface area contributed by atoms with E-state index in [1.807, 2.05) is 43.0 Å². The second-order valence-corrected chi connectivity index (χ2v) is 8.07. The van der Waals surface area contributed by atoms with Crippen LogP contribution in [0, 0.1) is 0 Å². The van der Waals surface area contributed by atoms with Gasteiger partial charge in [0.05, 0.1) is 17.8 Å². The molecular weight excluding hydrogens is 370 g/mol. The summed E-state index contributed by atoms with van der Waals surface area (Å²) in [6.07, 6.45) is 3.52. The highest BCUT2D eigenvalue weighted by molar-refractivity contribution is 6.44. The van der Waals surface area contributed by atoms with Crippen molar-refractivity contribution in [3.05, 3.63) is 36.0 Å². The molecule has 0 N–H and O–H groups in total. The highest BCUT2D eigenvalue weighted by Crippen LogP contribution is 2.24. The maximum Gasteiger partial charge on any atom is 0.295 e. The van der Waals surface area contributed by atoms with Gasteiger partial charge < -0.3 is 19.1 Å². The largest absolute Gasteiger partial charge is 0.372 e. The minimum Gasteiger partial charge on any atom is -0.372 e. The third-order valence-corrected chi connectivity index (χ3v) is 5.70. The van der Waals surface area contributed by atoms with E-state index in [9.17, 15) is 14.4 Å². The van der Waals surface area contributed by atoms with E-state index in [0.717, 1.165) is 31.4 Å². The van der Waals surface area contributed by atoms with Gasteiger partial charge in [-0.25, -0.2) is 0 Å². The van der Waals surface area contributed by atoms with E-state index in [1.54, 1.807) is 15.7 Å². The Kier molecular flexibility index (Phi) is 5.41. The maximum absolute atomic E-state index is 13.1. The molecule has 7 nitrogen and oxygen atoms in total. The summed E-state index contributed by atoms with van der Waals surface area (Å²) in [7, 11) is 0. The smallest absolute Gasteiger partial charge is 0.295 e. The number of rotatable bonds is 4. The lowest BCUT2D eigenvalue weighted by Crippen LogP contribution is -2.50. The fraction of sp³-hybridized carbons (Fsp3) is 0.500. The third-order valence-electron chi connectivity index (χ3n) is 5.70. The van der Waals surface area contributed by atoms with Gasteiger partial charge in [-0.2, -0.15) is 0 Å². The normalized spacial score (nSPS) is 22.3. The van der Waals surface area contributed by atoms with Gasteiger partial charge in [-0.05, 0) is 32.8 Å². The van der Waals surface area contributed by atoms with Gasteiger partial charge in [-0.3, -0.25) is 14.4 Å². The van der Waals surface area contributed by atoms with Crippen molar-refractivity contribution in [1.82, 2.24) is 14.4 Å². The SMILES string of the molecule is CC1CN(C(=O)C(=O)c2cn(CC(=O)N3CCCC3)c3ccccc23)CC(C)O1. The molecule has 2 atom stereocenters. The molecule has 29 heavy (non-hydrogen) atoms. The minimum absolute atomic E-state index is 0.0457. The number of hydrogen-bond acceptors (Lipinski definition) is 4. The van der Waals surface area contributed by atoms with Gasteiger partial charge in [0.25, 0.3) is 11.7 Å². The van der Waals surface area contributed by atoms with Gasteiger partial charge in [0, 0.05) is 43.3 Å². The van der Waals surface area contributed by atoms with E-state index < -0.39 is 11.7 Å². The van der Waals surface area contributed by atoms with Crippen molar-refractivity contribution in [3.8, 4) is 0 Å². The number of para-hydroxylation sites is 1. The first-order valence-electron chi connectivity index (χ1n) is 10.3. The van der Waals surface area contributed by atoms with Crippen molar-refractivity contribution >= 4 is 28.5 Å². The molecule has 1 aromatic heterocycles. The molecule has 2 unspecified atom stereocenters. The molecule has 0 aliphatic carbocycles. The molecule has 2 fully saturated rings. The summed E-state index contributed by atoms with van der Waals surface area (Å²) in [6, 6.07) is 7.43. The van der Waals surface area contributed by atoms with Crippen molar-refractivity contribution in [2.45, 2.75) is 45.4 Å². The number of ketones is 1. The van der Waals surface area contributed by atoms with Gasteiger partial charge in [0.15, 0.2) is 0 Å². The minimum atomic E-state index is -0.533. The van der Waals surface area contributed by atoms with Crippen LogP contribution >= 0.6 is 0 Å². The number of Topliss-reactive ketones (excluding diaryl/α,β-unsaturated/α-hetero) is 1. The summed E-state index contributed by atoms with van der Waals surface area (Å²) >= 11 is 0. The van der Waals surface area contributed by atoms with Crippen LogP contribution in [0.3, 0.4) is 0 Å². The van der Waals surface area contributed by atoms with Crippen molar-refractivity contribution < 1.29 is 19.1 Å². The van der Waals surface area contributed by atoms with Crippen LogP contribution in [0.2, 0.25) is 0 Å². The monoisotopic (exact) mass is 397 g/mol. The maximum atomic E-state index is 13.1. The van der Waals surface area contributed by atoms with Gasteiger partial charge in [0.2, 0.25) is 5.91 Å². The van der Waals surface area contributed by atoms with Crippen molar-refractivity contribution in [2.24, 2.45) is 0 Å². The van der Waals surface area contributed by atoms with Crippen molar-refractivity contribution in [2.75, 3.05) is 26.2 Å². The average Bonchev–Trinajstić information content (AvgIpc) is 3.35. The van der Waals surface area contributed by atoms with E-state index >= 15 is 0 Å². The molecule has 0 radical (unpaired) electrons. The zero-order valence-electron chi connectivity index (χ0n) is 17.0. The fourth-order valence-electron chi connectivity index (χ4n) is 4.37. The number of hydrogen-bond donors (Lipinski definition) is 0. The Hall–Kier alpha value is -2.67. The standard InChI is InChI=1S/C22H27N3O4/c1-15-11-25(12-16(2)29-15)22(28)21(27)18-13-24(19-8-4-3-7-17(18)19)14-20(26)23-9-5-6-10-23/h3-4,7-8,13,15-16H,5-6,9-12,14H2,1-2H3. The fourth-order valence-corrected chi connectivity index (χ4v) is 4.37. The van der Waals surface area contributed by atoms with Crippen molar-refractivity contribution in [1.29, 1.82) is 0 Å². The molecule has 2 saturated heterocycles. The summed E-state index contributed by atoms with van der Waals surface area (Å²) < 4.78 is 7.46. The van der Waals surface area contributed by atoms with Gasteiger partial charge in [-0.15, -0.1) is 0 Å². The summed E-state index contributed by atoms with van der Waals surface area (Å²) in [6.45, 7) is 6.35. The second kappa shape index (κ2) is 7.99. The topological polar surface area (TPSA) is 71.9 Å². The van der Waals surface area contributed by atoms with Gasteiger partial charge in [0.1, 0.15) is 6.54 Å². The Bertz CT molecular complexity index is 935. The molecular formula is C22H27N3O4. The van der Waals surface area contributed by atoms with Gasteiger partial charge in [-0.1, -0.05) is 18.2 Å². The van der Waals surface area contributed by atoms with Crippen molar-refractivity contribution in [3.63, 3.8) is 0 Å². The van der Waals surface area contributed by atoms with Crippen LogP contribution < -0.4 is 0 Å². The number of carbonyl (C=O) groups is 3. The Morgan fingerprint density at radius 2 is 1.66 bits per heavy atom. The van der Waals surface area contributed by atoms with Gasteiger partial charge >= 0.3 is 0 Å². The lowest BCUT2D eigenvalue weighted by atomic mass is 10.1. The number of amides is 2. The average molecular weight is 397 g/mol. The molecule has 2 aliphatic rings. The number of nitrogens with zero attached hydrogens (tertiary/aromatic N) is 3. The van der Waals surface area contributed by atoms with E-state index in [1.165, 1.54) is 0 Å². The first-order chi connectivity index (χ1) is 13.9. The second-order valence-electron chi connectivity index (χ2n) is 8.07. The summed E-state index contributed by atoms with van der Waals surface area (Å²) in [5.41, 5.74) is 1.14. The number of ether oxygens (including phenoxy) is 1. The van der Waals surface area contributed by atoms with Crippen LogP contribution in [-0.2, 0) is 20.9 Å². The molecule has 2 aromatic rings. The summed E-state index contributed by atoms with van der Waals surface area (Å²) in [5, 5.41) is 0.703. The summed E-state index contributed by atoms with van der Waals surface area (Å²) in [5.74, 6) is -1.000. The van der Waals surface area contributed by atoms with Crippen LogP contribution in [0.15, 0.2) is 30.5 Å². The molecule has 0 saturated carbocycles. The van der Waals surface area contributed by atoms with Crippen LogP contribution in [0.4, 0.5) is 0 Å². The van der Waals surface area contributed by atoms with Crippen LogP contribution in [0.5, 0.6) is 0 Å². The number of fused-ring (bicyclic) bond motifs is 1. The lowest BCUT2D eigenvalue weighted by Gasteiger charge is -2.34. The Morgan fingerprint density at radius 3 is 2.34 bits per heavy atom. The number of aromatic nitrogens is 1. The number of carbonyl (C=O) groups excluding carboxylic acids is 3. The third kappa shape index (κ3) is 3.92. The molecule has 3 heterocycles. The molecule has 0 spiro atoms. The first-order valence-corrected chi connectivity index (χ1v) is 10.3. The molecule has 7 heteroatoms. The van der Waals surface area contributed by atoms with E-state index in [-0.39, 0.29) is 24.7 Å². The van der Waals surface area contributed by atoms with E-state index in [2.05, 4.69) is 0 Å². The van der Waals surface area contributed by atoms with Crippen LogP contribution in [0.25, 0.3) is 10.9 Å². The number of morpholine rings is 1. The van der Waals surface area contributed by atoms with Crippen LogP contribution in [-0.4, -0.2) is 70.4 Å². The highest BCUT2D eigenvalue weighted by Gasteiger charge is 2.32. The number of benzene rings is 1. The molecule has 2 aliphatic heterocycles. The predicted molar refractivity (Wildman–Crippen MR) is 109 cm³/mol. The molecule has 4 rings (SSSR count). The molecule has 154 valence electrons. The first kappa shape index (κ1) is 19.6.